The Balaban J connectivity index is 1.18. The Labute approximate surface area is 193 Å². The molecule has 1 N–H and O–H groups in total. The number of nitrogens with one attached hydrogen (secondary N) is 1. The molecule has 3 aliphatic heterocycles. The lowest BCUT2D eigenvalue weighted by Gasteiger charge is -2.49. The minimum absolute atomic E-state index is 0.0317. The molecule has 2 bridgehead atoms. The Bertz CT molecular complexity index is 1100. The first-order valence-electron chi connectivity index (χ1n) is 11.6. The standard InChI is InChI=1S/C26H29FN4O2/c1-30-25(14-24(29-30)18-7-9-20(27)10-8-18)23-16-31-12-11-19(23)13-21(31)15-28-26(32)17-33-22-5-3-2-4-6-22/h2-10,14,19,21,23H,11-13,15-17H2,1H3,(H,28,32). The first-order valence-corrected chi connectivity index (χ1v) is 11.6. The molecular weight excluding hydrogens is 419 g/mol. The normalized spacial score (nSPS) is 23.9. The maximum Gasteiger partial charge on any atom is 0.257 e. The summed E-state index contributed by atoms with van der Waals surface area (Å²) < 4.78 is 20.8. The zero-order chi connectivity index (χ0) is 22.8. The number of carbonyl (C=O) groups is 1. The van der Waals surface area contributed by atoms with Crippen molar-refractivity contribution in [3.05, 3.63) is 72.2 Å². The molecule has 0 aliphatic carbocycles. The van der Waals surface area contributed by atoms with Gasteiger partial charge in [0.25, 0.3) is 5.91 Å². The molecule has 33 heavy (non-hydrogen) atoms. The zero-order valence-corrected chi connectivity index (χ0v) is 18.8. The number of hydrogen-bond donors (Lipinski definition) is 1. The molecule has 3 aliphatic rings. The number of fused-ring (bicyclic) bond motifs is 3. The fourth-order valence-electron chi connectivity index (χ4n) is 5.22. The third kappa shape index (κ3) is 4.78. The van der Waals surface area contributed by atoms with Crippen molar-refractivity contribution >= 4 is 5.91 Å². The van der Waals surface area contributed by atoms with E-state index in [-0.39, 0.29) is 18.3 Å². The number of piperidine rings is 3. The van der Waals surface area contributed by atoms with Crippen molar-refractivity contribution in [3.8, 4) is 17.0 Å². The van der Waals surface area contributed by atoms with E-state index in [0.29, 0.717) is 30.2 Å². The second-order valence-corrected chi connectivity index (χ2v) is 9.03. The summed E-state index contributed by atoms with van der Waals surface area (Å²) >= 11 is 0. The molecule has 3 aromatic rings. The van der Waals surface area contributed by atoms with Gasteiger partial charge >= 0.3 is 0 Å². The quantitative estimate of drug-likeness (QED) is 0.600. The van der Waals surface area contributed by atoms with Crippen LogP contribution in [0.4, 0.5) is 4.39 Å². The van der Waals surface area contributed by atoms with Gasteiger partial charge in [-0.2, -0.15) is 5.10 Å². The molecule has 4 heterocycles. The number of benzene rings is 2. The first-order chi connectivity index (χ1) is 16.1. The van der Waals surface area contributed by atoms with E-state index in [2.05, 4.69) is 16.3 Å². The Kier molecular flexibility index (Phi) is 6.13. The van der Waals surface area contributed by atoms with Gasteiger partial charge in [-0.1, -0.05) is 18.2 Å². The summed E-state index contributed by atoms with van der Waals surface area (Å²) in [4.78, 5) is 14.8. The summed E-state index contributed by atoms with van der Waals surface area (Å²) in [6.07, 6.45) is 2.21. The van der Waals surface area contributed by atoms with E-state index in [0.717, 1.165) is 37.2 Å². The molecule has 0 spiro atoms. The van der Waals surface area contributed by atoms with Gasteiger partial charge in [0.2, 0.25) is 0 Å². The van der Waals surface area contributed by atoms with Gasteiger partial charge in [-0.15, -0.1) is 0 Å². The lowest BCUT2D eigenvalue weighted by atomic mass is 9.74. The number of nitrogens with zero attached hydrogens (tertiary/aromatic N) is 3. The van der Waals surface area contributed by atoms with Gasteiger partial charge < -0.3 is 10.1 Å². The number of aryl methyl sites for hydroxylation is 1. The molecule has 4 unspecified atom stereocenters. The highest BCUT2D eigenvalue weighted by molar-refractivity contribution is 5.77. The van der Waals surface area contributed by atoms with Crippen LogP contribution in [0.2, 0.25) is 0 Å². The van der Waals surface area contributed by atoms with Crippen molar-refractivity contribution in [2.24, 2.45) is 13.0 Å². The highest BCUT2D eigenvalue weighted by atomic mass is 19.1. The highest BCUT2D eigenvalue weighted by Crippen LogP contribution is 2.42. The van der Waals surface area contributed by atoms with Crippen molar-refractivity contribution in [2.75, 3.05) is 26.2 Å². The van der Waals surface area contributed by atoms with E-state index in [9.17, 15) is 9.18 Å². The van der Waals surface area contributed by atoms with Gasteiger partial charge in [-0.3, -0.25) is 14.4 Å². The Morgan fingerprint density at radius 2 is 1.97 bits per heavy atom. The van der Waals surface area contributed by atoms with Crippen LogP contribution in [0.25, 0.3) is 11.3 Å². The molecule has 7 heteroatoms. The second-order valence-electron chi connectivity index (χ2n) is 9.03. The van der Waals surface area contributed by atoms with E-state index in [1.165, 1.54) is 17.8 Å². The van der Waals surface area contributed by atoms with Crippen LogP contribution in [-0.2, 0) is 11.8 Å². The third-order valence-corrected chi connectivity index (χ3v) is 6.96. The summed E-state index contributed by atoms with van der Waals surface area (Å²) in [5, 5.41) is 7.75. The predicted octanol–water partition coefficient (Wildman–Crippen LogP) is 3.60. The molecule has 0 saturated carbocycles. The van der Waals surface area contributed by atoms with Gasteiger partial charge in [0.05, 0.1) is 5.69 Å². The lowest BCUT2D eigenvalue weighted by Crippen LogP contribution is -2.56. The molecule has 3 fully saturated rings. The fraction of sp³-hybridized carbons (Fsp3) is 0.385. The van der Waals surface area contributed by atoms with Crippen molar-refractivity contribution in [1.29, 1.82) is 0 Å². The number of para-hydroxylation sites is 1. The number of ether oxygens (including phenoxy) is 1. The molecule has 172 valence electrons. The van der Waals surface area contributed by atoms with Crippen molar-refractivity contribution in [2.45, 2.75) is 24.8 Å². The number of aromatic nitrogens is 2. The maximum atomic E-state index is 13.3. The van der Waals surface area contributed by atoms with Crippen LogP contribution in [0, 0.1) is 11.7 Å². The number of rotatable bonds is 7. The van der Waals surface area contributed by atoms with Crippen LogP contribution < -0.4 is 10.1 Å². The molecule has 0 radical (unpaired) electrons. The second kappa shape index (κ2) is 9.35. The molecule has 3 saturated heterocycles. The van der Waals surface area contributed by atoms with Gasteiger partial charge in [0.15, 0.2) is 6.61 Å². The molecule has 1 amide bonds. The Morgan fingerprint density at radius 1 is 1.18 bits per heavy atom. The minimum Gasteiger partial charge on any atom is -0.484 e. The topological polar surface area (TPSA) is 59.4 Å². The van der Waals surface area contributed by atoms with Crippen LogP contribution in [0.5, 0.6) is 5.75 Å². The highest BCUT2D eigenvalue weighted by Gasteiger charge is 2.41. The Morgan fingerprint density at radius 3 is 2.70 bits per heavy atom. The largest absolute Gasteiger partial charge is 0.484 e. The van der Waals surface area contributed by atoms with E-state index < -0.39 is 0 Å². The van der Waals surface area contributed by atoms with Gasteiger partial charge in [0.1, 0.15) is 11.6 Å². The van der Waals surface area contributed by atoms with Crippen molar-refractivity contribution in [1.82, 2.24) is 20.0 Å². The summed E-state index contributed by atoms with van der Waals surface area (Å²) in [6.45, 7) is 2.70. The van der Waals surface area contributed by atoms with E-state index in [1.54, 1.807) is 12.1 Å². The van der Waals surface area contributed by atoms with Gasteiger partial charge in [0, 0.05) is 43.4 Å². The minimum atomic E-state index is -0.239. The van der Waals surface area contributed by atoms with Gasteiger partial charge in [-0.25, -0.2) is 4.39 Å². The third-order valence-electron chi connectivity index (χ3n) is 6.96. The molecular formula is C26H29FN4O2. The number of halogens is 1. The van der Waals surface area contributed by atoms with E-state index >= 15 is 0 Å². The number of carbonyl (C=O) groups excluding carboxylic acids is 1. The smallest absolute Gasteiger partial charge is 0.257 e. The van der Waals surface area contributed by atoms with Crippen LogP contribution in [0.3, 0.4) is 0 Å². The van der Waals surface area contributed by atoms with Crippen LogP contribution in [0.15, 0.2) is 60.7 Å². The summed E-state index contributed by atoms with van der Waals surface area (Å²) in [5.74, 6) is 1.35. The van der Waals surface area contributed by atoms with E-state index in [4.69, 9.17) is 9.84 Å². The Hall–Kier alpha value is -3.19. The average Bonchev–Trinajstić information content (AvgIpc) is 3.24. The molecule has 6 rings (SSSR count). The predicted molar refractivity (Wildman–Crippen MR) is 124 cm³/mol. The van der Waals surface area contributed by atoms with Gasteiger partial charge in [-0.05, 0) is 67.8 Å². The summed E-state index contributed by atoms with van der Waals surface area (Å²) in [6, 6.07) is 18.4. The van der Waals surface area contributed by atoms with Crippen molar-refractivity contribution < 1.29 is 13.9 Å². The van der Waals surface area contributed by atoms with Crippen LogP contribution >= 0.6 is 0 Å². The summed E-state index contributed by atoms with van der Waals surface area (Å²) in [5.41, 5.74) is 3.03. The maximum absolute atomic E-state index is 13.3. The molecule has 6 nitrogen and oxygen atoms in total. The van der Waals surface area contributed by atoms with E-state index in [1.807, 2.05) is 42.1 Å². The average molecular weight is 449 g/mol. The first kappa shape index (κ1) is 21.6. The molecule has 1 aromatic heterocycles. The monoisotopic (exact) mass is 448 g/mol. The zero-order valence-electron chi connectivity index (χ0n) is 18.8. The van der Waals surface area contributed by atoms with Crippen molar-refractivity contribution in [3.63, 3.8) is 0 Å². The van der Waals surface area contributed by atoms with Crippen LogP contribution in [-0.4, -0.2) is 52.9 Å². The summed E-state index contributed by atoms with van der Waals surface area (Å²) in [7, 11) is 1.99. The molecule has 4 atom stereocenters. The lowest BCUT2D eigenvalue weighted by molar-refractivity contribution is -0.123. The molecule has 2 aromatic carbocycles. The fourth-order valence-corrected chi connectivity index (χ4v) is 5.22. The van der Waals surface area contributed by atoms with Crippen LogP contribution in [0.1, 0.15) is 24.5 Å². The number of amides is 1. The SMILES string of the molecule is Cn1nc(-c2ccc(F)cc2)cc1C1CN2CCC1CC2CNC(=O)COc1ccccc1. The number of hydrogen-bond acceptors (Lipinski definition) is 4.